The van der Waals surface area contributed by atoms with E-state index in [0.29, 0.717) is 0 Å². The third-order valence-electron chi connectivity index (χ3n) is 5.67. The summed E-state index contributed by atoms with van der Waals surface area (Å²) in [4.78, 5) is 0. The highest BCUT2D eigenvalue weighted by Gasteiger charge is 2.28. The van der Waals surface area contributed by atoms with Gasteiger partial charge >= 0.3 is 5.78 Å². The number of imidazole rings is 2. The summed E-state index contributed by atoms with van der Waals surface area (Å²) < 4.78 is 7.02. The molecule has 5 nitrogen and oxygen atoms in total. The second kappa shape index (κ2) is 6.30. The van der Waals surface area contributed by atoms with E-state index in [1.807, 2.05) is 6.07 Å². The number of nitrogens with zero attached hydrogens (tertiary/aromatic N) is 3. The van der Waals surface area contributed by atoms with Gasteiger partial charge in [0, 0.05) is 5.56 Å². The molecule has 1 aliphatic heterocycles. The Bertz CT molecular complexity index is 1190. The largest absolute Gasteiger partial charge is 1.00 e. The number of fused-ring (bicyclic) bond motifs is 3. The molecular formula is C21H22BrN3O2. The Morgan fingerprint density at radius 1 is 0.963 bits per heavy atom. The smallest absolute Gasteiger partial charge is 0.370 e. The second-order valence-corrected chi connectivity index (χ2v) is 7.32. The van der Waals surface area contributed by atoms with Crippen LogP contribution in [0.25, 0.3) is 28.1 Å². The Morgan fingerprint density at radius 2 is 1.74 bits per heavy atom. The SMILES string of the molecule is Cc1cc2c(cc1C)[n+]1c3n(c(-c4ccc(O)c(O)c4)cn23)CCCC1.[Br-]. The maximum Gasteiger partial charge on any atom is 0.370 e. The van der Waals surface area contributed by atoms with Crippen LogP contribution in [0.15, 0.2) is 36.5 Å². The van der Waals surface area contributed by atoms with Gasteiger partial charge in [-0.3, -0.25) is 0 Å². The minimum absolute atomic E-state index is 0. The molecule has 0 atom stereocenters. The van der Waals surface area contributed by atoms with Gasteiger partial charge in [-0.2, -0.15) is 4.40 Å². The molecule has 0 saturated heterocycles. The van der Waals surface area contributed by atoms with Gasteiger partial charge in [0.25, 0.3) is 0 Å². The van der Waals surface area contributed by atoms with E-state index >= 15 is 0 Å². The summed E-state index contributed by atoms with van der Waals surface area (Å²) >= 11 is 0. The number of rotatable bonds is 1. The molecule has 0 spiro atoms. The quantitative estimate of drug-likeness (QED) is 0.346. The van der Waals surface area contributed by atoms with Crippen LogP contribution in [0.2, 0.25) is 0 Å². The molecule has 0 aliphatic carbocycles. The Kier molecular flexibility index (Phi) is 4.18. The Hall–Kier alpha value is -2.47. The number of hydrogen-bond donors (Lipinski definition) is 2. The van der Waals surface area contributed by atoms with Gasteiger partial charge in [-0.15, -0.1) is 0 Å². The van der Waals surface area contributed by atoms with Gasteiger partial charge in [0.2, 0.25) is 0 Å². The van der Waals surface area contributed by atoms with E-state index in [2.05, 4.69) is 45.7 Å². The van der Waals surface area contributed by atoms with Crippen molar-refractivity contribution in [2.24, 2.45) is 0 Å². The topological polar surface area (TPSA) is 53.7 Å². The van der Waals surface area contributed by atoms with E-state index in [4.69, 9.17) is 0 Å². The van der Waals surface area contributed by atoms with Crippen LogP contribution in [-0.4, -0.2) is 19.2 Å². The molecule has 3 heterocycles. The number of benzene rings is 2. The first-order valence-corrected chi connectivity index (χ1v) is 9.11. The lowest BCUT2D eigenvalue weighted by atomic mass is 10.1. The maximum atomic E-state index is 9.94. The van der Waals surface area contributed by atoms with Crippen molar-refractivity contribution in [2.45, 2.75) is 39.8 Å². The first-order valence-electron chi connectivity index (χ1n) is 9.11. The molecule has 140 valence electrons. The molecule has 4 aromatic rings. The lowest BCUT2D eigenvalue weighted by Gasteiger charge is -2.04. The zero-order valence-electron chi connectivity index (χ0n) is 15.4. The highest BCUT2D eigenvalue weighted by atomic mass is 79.9. The molecule has 0 saturated carbocycles. The van der Waals surface area contributed by atoms with Gasteiger partial charge in [-0.1, -0.05) is 0 Å². The Morgan fingerprint density at radius 3 is 2.52 bits per heavy atom. The number of halogens is 1. The van der Waals surface area contributed by atoms with Crippen LogP contribution in [-0.2, 0) is 13.1 Å². The fourth-order valence-corrected chi connectivity index (χ4v) is 4.14. The number of aromatic hydroxyl groups is 2. The van der Waals surface area contributed by atoms with Crippen LogP contribution in [0.4, 0.5) is 0 Å². The summed E-state index contributed by atoms with van der Waals surface area (Å²) in [6.45, 7) is 6.28. The average molecular weight is 428 g/mol. The third-order valence-corrected chi connectivity index (χ3v) is 5.67. The molecule has 2 aromatic heterocycles. The molecule has 2 aromatic carbocycles. The first-order chi connectivity index (χ1) is 12.5. The predicted molar refractivity (Wildman–Crippen MR) is 101 cm³/mol. The van der Waals surface area contributed by atoms with Gasteiger partial charge in [-0.25, -0.2) is 9.13 Å². The highest BCUT2D eigenvalue weighted by molar-refractivity contribution is 5.79. The fraction of sp³-hybridized carbons (Fsp3) is 0.286. The van der Waals surface area contributed by atoms with E-state index in [9.17, 15) is 10.2 Å². The number of aryl methyl sites for hydroxylation is 4. The van der Waals surface area contributed by atoms with Crippen molar-refractivity contribution in [2.75, 3.05) is 0 Å². The molecule has 6 heteroatoms. The standard InChI is InChI=1S/C21H21N3O2.BrH/c1-13-9-16-17(10-14(13)2)24-12-18(15-5-6-19(25)20(26)11-15)23-8-4-3-7-22(16)21(23)24;/h5-6,9-12H,3-4,7-8H2,1-2H3,(H-,25,26);1H. The van der Waals surface area contributed by atoms with Gasteiger partial charge in [-0.05, 0) is 68.1 Å². The molecule has 5 rings (SSSR count). The average Bonchev–Trinajstić information content (AvgIpc) is 3.01. The molecule has 0 bridgehead atoms. The van der Waals surface area contributed by atoms with Crippen molar-refractivity contribution in [1.29, 1.82) is 0 Å². The minimum atomic E-state index is -0.0885. The van der Waals surface area contributed by atoms with E-state index in [0.717, 1.165) is 37.2 Å². The molecule has 1 aliphatic rings. The summed E-state index contributed by atoms with van der Waals surface area (Å²) in [5.41, 5.74) is 7.07. The van der Waals surface area contributed by atoms with Crippen LogP contribution < -0.4 is 21.5 Å². The molecule has 0 unspecified atom stereocenters. The molecule has 0 radical (unpaired) electrons. The molecule has 27 heavy (non-hydrogen) atoms. The van der Waals surface area contributed by atoms with Gasteiger partial charge in [0.15, 0.2) is 11.5 Å². The van der Waals surface area contributed by atoms with E-state index in [1.54, 1.807) is 12.1 Å². The van der Waals surface area contributed by atoms with Gasteiger partial charge in [0.05, 0.1) is 13.1 Å². The minimum Gasteiger partial charge on any atom is -1.00 e. The molecule has 2 N–H and O–H groups in total. The van der Waals surface area contributed by atoms with Crippen molar-refractivity contribution in [3.05, 3.63) is 47.7 Å². The fourth-order valence-electron chi connectivity index (χ4n) is 4.14. The summed E-state index contributed by atoms with van der Waals surface area (Å²) in [5, 5.41) is 19.6. The summed E-state index contributed by atoms with van der Waals surface area (Å²) in [5.74, 6) is 1.01. The van der Waals surface area contributed by atoms with E-state index in [-0.39, 0.29) is 28.5 Å². The van der Waals surface area contributed by atoms with Crippen molar-refractivity contribution >= 4 is 16.8 Å². The highest BCUT2D eigenvalue weighted by Crippen LogP contribution is 2.33. The molecule has 0 amide bonds. The van der Waals surface area contributed by atoms with Crippen LogP contribution in [0.1, 0.15) is 24.0 Å². The number of phenolic OH excluding ortho intramolecular Hbond substituents is 2. The zero-order valence-corrected chi connectivity index (χ0v) is 17.0. The third kappa shape index (κ3) is 2.54. The Balaban J connectivity index is 0.00000180. The van der Waals surface area contributed by atoms with Crippen molar-refractivity contribution in [1.82, 2.24) is 8.97 Å². The van der Waals surface area contributed by atoms with E-state index < -0.39 is 0 Å². The monoisotopic (exact) mass is 427 g/mol. The van der Waals surface area contributed by atoms with Gasteiger partial charge in [0.1, 0.15) is 22.9 Å². The second-order valence-electron chi connectivity index (χ2n) is 7.32. The van der Waals surface area contributed by atoms with Crippen molar-refractivity contribution in [3.63, 3.8) is 0 Å². The molecular weight excluding hydrogens is 406 g/mol. The number of hydrogen-bond acceptors (Lipinski definition) is 2. The normalized spacial score (nSPS) is 13.7. The summed E-state index contributed by atoms with van der Waals surface area (Å²) in [6, 6.07) is 9.61. The predicted octanol–water partition coefficient (Wildman–Crippen LogP) is 0.674. The summed E-state index contributed by atoms with van der Waals surface area (Å²) in [7, 11) is 0. The number of phenols is 2. The van der Waals surface area contributed by atoms with Crippen LogP contribution in [0.3, 0.4) is 0 Å². The lowest BCUT2D eigenvalue weighted by Crippen LogP contribution is -3.00. The zero-order chi connectivity index (χ0) is 18.0. The lowest BCUT2D eigenvalue weighted by molar-refractivity contribution is -0.647. The molecule has 0 fully saturated rings. The van der Waals surface area contributed by atoms with E-state index in [1.165, 1.54) is 27.9 Å². The Labute approximate surface area is 167 Å². The van der Waals surface area contributed by atoms with Crippen molar-refractivity contribution in [3.8, 4) is 22.8 Å². The summed E-state index contributed by atoms with van der Waals surface area (Å²) in [6.07, 6.45) is 4.42. The maximum absolute atomic E-state index is 9.94. The first kappa shape index (κ1) is 17.9. The van der Waals surface area contributed by atoms with Crippen molar-refractivity contribution < 1.29 is 31.8 Å². The van der Waals surface area contributed by atoms with Crippen LogP contribution in [0.5, 0.6) is 11.5 Å². The van der Waals surface area contributed by atoms with Gasteiger partial charge < -0.3 is 27.2 Å². The van der Waals surface area contributed by atoms with Crippen LogP contribution >= 0.6 is 0 Å². The van der Waals surface area contributed by atoms with Crippen LogP contribution in [0, 0.1) is 13.8 Å². The number of aromatic nitrogens is 3.